The lowest BCUT2D eigenvalue weighted by Gasteiger charge is -2.25. The Kier molecular flexibility index (Phi) is 4.20. The van der Waals surface area contributed by atoms with E-state index in [1.165, 1.54) is 6.33 Å². The zero-order valence-corrected chi connectivity index (χ0v) is 13.3. The molecule has 3 heterocycles. The van der Waals surface area contributed by atoms with Crippen LogP contribution in [-0.2, 0) is 0 Å². The number of aliphatic hydroxyl groups is 1. The quantitative estimate of drug-likeness (QED) is 0.725. The molecule has 3 aromatic heterocycles. The van der Waals surface area contributed by atoms with Gasteiger partial charge in [-0.1, -0.05) is 13.8 Å². The summed E-state index contributed by atoms with van der Waals surface area (Å²) in [5.41, 5.74) is 0.863. The summed E-state index contributed by atoms with van der Waals surface area (Å²) in [6.07, 6.45) is 8.02. The fourth-order valence-corrected chi connectivity index (χ4v) is 2.41. The molecule has 0 radical (unpaired) electrons. The Bertz CT molecular complexity index is 782. The normalized spacial score (nSPS) is 11.8. The zero-order chi connectivity index (χ0) is 16.3. The van der Waals surface area contributed by atoms with Crippen LogP contribution in [0.5, 0.6) is 0 Å². The average molecular weight is 312 g/mol. The number of nitrogens with one attached hydrogen (secondary N) is 1. The van der Waals surface area contributed by atoms with Crippen molar-refractivity contribution < 1.29 is 5.11 Å². The van der Waals surface area contributed by atoms with Crippen molar-refractivity contribution in [1.29, 1.82) is 0 Å². The van der Waals surface area contributed by atoms with Gasteiger partial charge in [0, 0.05) is 18.9 Å². The lowest BCUT2D eigenvalue weighted by molar-refractivity contribution is 0.0456. The molecule has 7 nitrogen and oxygen atoms in total. The van der Waals surface area contributed by atoms with Gasteiger partial charge < -0.3 is 10.4 Å². The lowest BCUT2D eigenvalue weighted by Crippen LogP contribution is -2.35. The van der Waals surface area contributed by atoms with Crippen molar-refractivity contribution >= 4 is 16.9 Å². The number of nitrogens with zero attached hydrogens (tertiary/aromatic N) is 5. The van der Waals surface area contributed by atoms with E-state index in [9.17, 15) is 5.11 Å². The minimum Gasteiger partial charge on any atom is -0.388 e. The van der Waals surface area contributed by atoms with Crippen LogP contribution in [0.15, 0.2) is 37.1 Å². The van der Waals surface area contributed by atoms with Crippen LogP contribution in [0.2, 0.25) is 0 Å². The van der Waals surface area contributed by atoms with Crippen molar-refractivity contribution in [3.05, 3.63) is 37.1 Å². The van der Waals surface area contributed by atoms with E-state index in [-0.39, 0.29) is 0 Å². The van der Waals surface area contributed by atoms with E-state index in [1.54, 1.807) is 23.3 Å². The molecule has 0 aliphatic heterocycles. The van der Waals surface area contributed by atoms with Gasteiger partial charge in [0.2, 0.25) is 0 Å². The van der Waals surface area contributed by atoms with E-state index >= 15 is 0 Å². The van der Waals surface area contributed by atoms with Gasteiger partial charge in [-0.15, -0.1) is 0 Å². The van der Waals surface area contributed by atoms with Crippen LogP contribution in [0.4, 0.5) is 5.82 Å². The molecule has 0 amide bonds. The molecule has 23 heavy (non-hydrogen) atoms. The fraction of sp³-hybridized carbons (Fsp3) is 0.375. The summed E-state index contributed by atoms with van der Waals surface area (Å²) in [5, 5.41) is 18.9. The van der Waals surface area contributed by atoms with Gasteiger partial charge in [0.05, 0.1) is 22.9 Å². The molecule has 120 valence electrons. The number of anilines is 1. The summed E-state index contributed by atoms with van der Waals surface area (Å²) in [5.74, 6) is 0.677. The number of fused-ring (bicyclic) bond motifs is 1. The second kappa shape index (κ2) is 6.29. The molecule has 3 rings (SSSR count). The third kappa shape index (κ3) is 3.00. The highest BCUT2D eigenvalue weighted by atomic mass is 16.3. The van der Waals surface area contributed by atoms with Gasteiger partial charge in [0.15, 0.2) is 5.65 Å². The molecule has 0 bridgehead atoms. The minimum atomic E-state index is -0.738. The van der Waals surface area contributed by atoms with E-state index in [1.807, 2.05) is 26.0 Å². The molecule has 0 fully saturated rings. The summed E-state index contributed by atoms with van der Waals surface area (Å²) in [7, 11) is 0. The average Bonchev–Trinajstić information content (AvgIpc) is 3.05. The third-order valence-electron chi connectivity index (χ3n) is 4.17. The molecular formula is C16H20N6O. The minimum absolute atomic E-state index is 0.437. The smallest absolute Gasteiger partial charge is 0.168 e. The van der Waals surface area contributed by atoms with Crippen molar-refractivity contribution in [1.82, 2.24) is 24.7 Å². The summed E-state index contributed by atoms with van der Waals surface area (Å²) in [6.45, 7) is 4.39. The fourth-order valence-electron chi connectivity index (χ4n) is 2.41. The number of hydrogen-bond donors (Lipinski definition) is 2. The van der Waals surface area contributed by atoms with E-state index in [4.69, 9.17) is 0 Å². The Balaban J connectivity index is 1.93. The summed E-state index contributed by atoms with van der Waals surface area (Å²) < 4.78 is 1.75. The Morgan fingerprint density at radius 1 is 1.17 bits per heavy atom. The molecular weight excluding hydrogens is 292 g/mol. The van der Waals surface area contributed by atoms with E-state index < -0.39 is 5.60 Å². The predicted molar refractivity (Wildman–Crippen MR) is 88.5 cm³/mol. The van der Waals surface area contributed by atoms with Gasteiger partial charge in [-0.05, 0) is 25.0 Å². The summed E-state index contributed by atoms with van der Waals surface area (Å²) in [6, 6.07) is 3.74. The van der Waals surface area contributed by atoms with Crippen molar-refractivity contribution in [3.63, 3.8) is 0 Å². The molecule has 0 unspecified atom stereocenters. The Labute approximate surface area is 134 Å². The molecule has 0 aliphatic carbocycles. The van der Waals surface area contributed by atoms with Gasteiger partial charge in [0.1, 0.15) is 12.1 Å². The molecule has 0 saturated carbocycles. The topological polar surface area (TPSA) is 88.8 Å². The third-order valence-corrected chi connectivity index (χ3v) is 4.17. The SMILES string of the molecule is CCC(O)(CC)CNc1ncnc2c1cnn2-c1ccncc1. The molecule has 0 atom stereocenters. The number of pyridine rings is 1. The lowest BCUT2D eigenvalue weighted by atomic mass is 9.98. The van der Waals surface area contributed by atoms with Gasteiger partial charge in [-0.2, -0.15) is 5.10 Å². The molecule has 0 aromatic carbocycles. The van der Waals surface area contributed by atoms with Crippen LogP contribution in [0, 0.1) is 0 Å². The van der Waals surface area contributed by atoms with E-state index in [0.717, 1.165) is 11.1 Å². The van der Waals surface area contributed by atoms with Crippen LogP contribution >= 0.6 is 0 Å². The van der Waals surface area contributed by atoms with Crippen LogP contribution < -0.4 is 5.32 Å². The number of aromatic nitrogens is 5. The van der Waals surface area contributed by atoms with Crippen molar-refractivity contribution in [2.45, 2.75) is 32.3 Å². The van der Waals surface area contributed by atoms with E-state index in [0.29, 0.717) is 30.9 Å². The first kappa shape index (κ1) is 15.4. The molecule has 7 heteroatoms. The van der Waals surface area contributed by atoms with Gasteiger partial charge in [0.25, 0.3) is 0 Å². The zero-order valence-electron chi connectivity index (χ0n) is 13.3. The second-order valence-corrected chi connectivity index (χ2v) is 5.51. The number of rotatable bonds is 6. The maximum Gasteiger partial charge on any atom is 0.168 e. The molecule has 2 N–H and O–H groups in total. The van der Waals surface area contributed by atoms with Crippen molar-refractivity contribution in [2.75, 3.05) is 11.9 Å². The van der Waals surface area contributed by atoms with Gasteiger partial charge >= 0.3 is 0 Å². The van der Waals surface area contributed by atoms with Gasteiger partial charge in [-0.3, -0.25) is 4.98 Å². The predicted octanol–water partition coefficient (Wildman–Crippen LogP) is 2.17. The van der Waals surface area contributed by atoms with Crippen LogP contribution in [-0.4, -0.2) is 42.0 Å². The van der Waals surface area contributed by atoms with Crippen LogP contribution in [0.1, 0.15) is 26.7 Å². The molecule has 0 spiro atoms. The highest BCUT2D eigenvalue weighted by molar-refractivity contribution is 5.87. The Hall–Kier alpha value is -2.54. The van der Waals surface area contributed by atoms with Crippen LogP contribution in [0.25, 0.3) is 16.7 Å². The first-order valence-corrected chi connectivity index (χ1v) is 7.72. The van der Waals surface area contributed by atoms with Gasteiger partial charge in [-0.25, -0.2) is 14.6 Å². The van der Waals surface area contributed by atoms with Crippen molar-refractivity contribution in [3.8, 4) is 5.69 Å². The Morgan fingerprint density at radius 3 is 2.61 bits per heavy atom. The standard InChI is InChI=1S/C16H20N6O/c1-3-16(23,4-2)10-18-14-13-9-21-22(15(13)20-11-19-14)12-5-7-17-8-6-12/h5-9,11,23H,3-4,10H2,1-2H3,(H,18,19,20). The highest BCUT2D eigenvalue weighted by Crippen LogP contribution is 2.23. The maximum absolute atomic E-state index is 10.4. The van der Waals surface area contributed by atoms with Crippen molar-refractivity contribution in [2.24, 2.45) is 0 Å². The molecule has 3 aromatic rings. The largest absolute Gasteiger partial charge is 0.388 e. The second-order valence-electron chi connectivity index (χ2n) is 5.51. The highest BCUT2D eigenvalue weighted by Gasteiger charge is 2.22. The maximum atomic E-state index is 10.4. The molecule has 0 aliphatic rings. The molecule has 0 saturated heterocycles. The first-order chi connectivity index (χ1) is 11.2. The van der Waals surface area contributed by atoms with E-state index in [2.05, 4.69) is 25.4 Å². The Morgan fingerprint density at radius 2 is 1.91 bits per heavy atom. The summed E-state index contributed by atoms with van der Waals surface area (Å²) >= 11 is 0. The first-order valence-electron chi connectivity index (χ1n) is 7.72. The summed E-state index contributed by atoms with van der Waals surface area (Å²) in [4.78, 5) is 12.6. The number of hydrogen-bond acceptors (Lipinski definition) is 6. The monoisotopic (exact) mass is 312 g/mol. The van der Waals surface area contributed by atoms with Crippen LogP contribution in [0.3, 0.4) is 0 Å².